The SMILES string of the molecule is Cc1c(F)c(F)cc2c(CCC(=O)N[C@@H]3C(=O)NC[C@H]3O)c(-c3ccc(F)cc3)[nH]c12. The Balaban J connectivity index is 1.68. The lowest BCUT2D eigenvalue weighted by Crippen LogP contribution is -2.45. The highest BCUT2D eigenvalue weighted by Crippen LogP contribution is 2.34. The number of rotatable bonds is 5. The molecule has 2 atom stereocenters. The van der Waals surface area contributed by atoms with Gasteiger partial charge < -0.3 is 20.7 Å². The molecule has 0 radical (unpaired) electrons. The quantitative estimate of drug-likeness (QED) is 0.500. The van der Waals surface area contributed by atoms with E-state index in [0.717, 1.165) is 6.07 Å². The number of aliphatic hydroxyl groups is 1. The van der Waals surface area contributed by atoms with Gasteiger partial charge in [-0.3, -0.25) is 9.59 Å². The molecule has 9 heteroatoms. The predicted octanol–water partition coefficient (Wildman–Crippen LogP) is 2.47. The predicted molar refractivity (Wildman–Crippen MR) is 108 cm³/mol. The van der Waals surface area contributed by atoms with E-state index in [1.165, 1.54) is 31.2 Å². The minimum Gasteiger partial charge on any atom is -0.389 e. The van der Waals surface area contributed by atoms with Gasteiger partial charge in [0.25, 0.3) is 0 Å². The standard InChI is InChI=1S/C22H20F3N3O3/c1-10-18(25)15(24)8-14-13(6-7-17(30)27-21-16(29)9-26-22(21)31)20(28-19(10)14)11-2-4-12(23)5-3-11/h2-5,8,16,21,28-29H,6-7,9H2,1H3,(H,26,31)(H,27,30)/t16-,21+/m1/s1. The molecule has 6 nitrogen and oxygen atoms in total. The maximum Gasteiger partial charge on any atom is 0.245 e. The maximum atomic E-state index is 14.1. The summed E-state index contributed by atoms with van der Waals surface area (Å²) in [6, 6.07) is 5.65. The first kappa shape index (κ1) is 20.9. The largest absolute Gasteiger partial charge is 0.389 e. The topological polar surface area (TPSA) is 94.2 Å². The van der Waals surface area contributed by atoms with Gasteiger partial charge in [-0.2, -0.15) is 0 Å². The third-order valence-electron chi connectivity index (χ3n) is 5.54. The van der Waals surface area contributed by atoms with E-state index in [0.29, 0.717) is 27.7 Å². The molecule has 0 bridgehead atoms. The lowest BCUT2D eigenvalue weighted by Gasteiger charge is -2.14. The van der Waals surface area contributed by atoms with Crippen molar-refractivity contribution in [1.82, 2.24) is 15.6 Å². The number of aromatic amines is 1. The second-order valence-corrected chi connectivity index (χ2v) is 7.56. The number of β-amino-alcohol motifs (C(OH)–C–C–N with tert-alkyl or cyclic N) is 1. The van der Waals surface area contributed by atoms with Crippen LogP contribution in [0.4, 0.5) is 13.2 Å². The van der Waals surface area contributed by atoms with Crippen LogP contribution in [0.2, 0.25) is 0 Å². The molecule has 2 aromatic carbocycles. The lowest BCUT2D eigenvalue weighted by atomic mass is 9.99. The van der Waals surface area contributed by atoms with Gasteiger partial charge in [-0.25, -0.2) is 13.2 Å². The van der Waals surface area contributed by atoms with E-state index < -0.39 is 41.4 Å². The number of hydrogen-bond donors (Lipinski definition) is 4. The minimum absolute atomic E-state index is 0.0598. The minimum atomic E-state index is -1.03. The van der Waals surface area contributed by atoms with Gasteiger partial charge >= 0.3 is 0 Å². The van der Waals surface area contributed by atoms with Crippen molar-refractivity contribution in [3.8, 4) is 11.3 Å². The smallest absolute Gasteiger partial charge is 0.245 e. The van der Waals surface area contributed by atoms with Crippen molar-refractivity contribution in [3.05, 3.63) is 58.9 Å². The fourth-order valence-corrected chi connectivity index (χ4v) is 3.86. The molecule has 4 rings (SSSR count). The van der Waals surface area contributed by atoms with Gasteiger partial charge in [0, 0.05) is 29.6 Å². The molecule has 162 valence electrons. The molecule has 1 aliphatic heterocycles. The van der Waals surface area contributed by atoms with E-state index in [4.69, 9.17) is 0 Å². The fourth-order valence-electron chi connectivity index (χ4n) is 3.86. The van der Waals surface area contributed by atoms with Crippen molar-refractivity contribution in [2.75, 3.05) is 6.54 Å². The monoisotopic (exact) mass is 431 g/mol. The van der Waals surface area contributed by atoms with Crippen LogP contribution in [0.3, 0.4) is 0 Å². The third kappa shape index (κ3) is 3.88. The van der Waals surface area contributed by atoms with E-state index in [1.54, 1.807) is 0 Å². The molecule has 2 heterocycles. The molecule has 31 heavy (non-hydrogen) atoms. The van der Waals surface area contributed by atoms with Crippen LogP contribution < -0.4 is 10.6 Å². The number of hydrogen-bond acceptors (Lipinski definition) is 3. The van der Waals surface area contributed by atoms with E-state index in [-0.39, 0.29) is 24.9 Å². The Morgan fingerprint density at radius 3 is 2.58 bits per heavy atom. The first-order chi connectivity index (χ1) is 14.8. The zero-order valence-corrected chi connectivity index (χ0v) is 16.6. The molecule has 3 aromatic rings. The number of aryl methyl sites for hydroxylation is 2. The number of carbonyl (C=O) groups is 2. The molecular weight excluding hydrogens is 411 g/mol. The molecule has 1 aliphatic rings. The Labute approximate surface area is 175 Å². The summed E-state index contributed by atoms with van der Waals surface area (Å²) in [6.07, 6.45) is -0.928. The van der Waals surface area contributed by atoms with Gasteiger partial charge in [0.1, 0.15) is 18.0 Å². The zero-order valence-electron chi connectivity index (χ0n) is 16.6. The summed E-state index contributed by atoms with van der Waals surface area (Å²) >= 11 is 0. The van der Waals surface area contributed by atoms with Gasteiger partial charge in [0.2, 0.25) is 11.8 Å². The summed E-state index contributed by atoms with van der Waals surface area (Å²) in [5, 5.41) is 15.2. The first-order valence-corrected chi connectivity index (χ1v) is 9.76. The molecule has 4 N–H and O–H groups in total. The Hall–Kier alpha value is -3.33. The second kappa shape index (κ2) is 8.07. The lowest BCUT2D eigenvalue weighted by molar-refractivity contribution is -0.128. The van der Waals surface area contributed by atoms with Crippen LogP contribution in [0.25, 0.3) is 22.2 Å². The summed E-state index contributed by atoms with van der Waals surface area (Å²) in [7, 11) is 0. The number of benzene rings is 2. The van der Waals surface area contributed by atoms with E-state index >= 15 is 0 Å². The number of halogens is 3. The van der Waals surface area contributed by atoms with Crippen LogP contribution in [-0.2, 0) is 16.0 Å². The summed E-state index contributed by atoms with van der Waals surface area (Å²) < 4.78 is 41.6. The number of H-pyrrole nitrogens is 1. The van der Waals surface area contributed by atoms with Crippen LogP contribution in [0.1, 0.15) is 17.5 Å². The summed E-state index contributed by atoms with van der Waals surface area (Å²) in [5.74, 6) is -3.34. The highest BCUT2D eigenvalue weighted by atomic mass is 19.2. The summed E-state index contributed by atoms with van der Waals surface area (Å²) in [5.41, 5.74) is 2.17. The Morgan fingerprint density at radius 1 is 1.23 bits per heavy atom. The van der Waals surface area contributed by atoms with Gasteiger partial charge in [-0.1, -0.05) is 0 Å². The Kier molecular flexibility index (Phi) is 5.45. The first-order valence-electron chi connectivity index (χ1n) is 9.76. The van der Waals surface area contributed by atoms with Crippen molar-refractivity contribution in [1.29, 1.82) is 0 Å². The molecule has 1 aromatic heterocycles. The van der Waals surface area contributed by atoms with Crippen LogP contribution in [-0.4, -0.2) is 40.6 Å². The molecule has 0 aliphatic carbocycles. The molecule has 1 fully saturated rings. The number of fused-ring (bicyclic) bond motifs is 1. The Morgan fingerprint density at radius 2 is 1.94 bits per heavy atom. The van der Waals surface area contributed by atoms with Crippen LogP contribution in [0.5, 0.6) is 0 Å². The summed E-state index contributed by atoms with van der Waals surface area (Å²) in [4.78, 5) is 27.2. The van der Waals surface area contributed by atoms with Gasteiger partial charge in [-0.05, 0) is 54.8 Å². The Bertz CT molecular complexity index is 1170. The second-order valence-electron chi connectivity index (χ2n) is 7.56. The zero-order chi connectivity index (χ0) is 22.3. The average molecular weight is 431 g/mol. The van der Waals surface area contributed by atoms with Crippen molar-refractivity contribution in [2.24, 2.45) is 0 Å². The third-order valence-corrected chi connectivity index (χ3v) is 5.54. The highest BCUT2D eigenvalue weighted by molar-refractivity contribution is 5.94. The van der Waals surface area contributed by atoms with Crippen LogP contribution in [0.15, 0.2) is 30.3 Å². The molecule has 0 spiro atoms. The number of aliphatic hydroxyl groups excluding tert-OH is 1. The van der Waals surface area contributed by atoms with E-state index in [1.807, 2.05) is 0 Å². The maximum absolute atomic E-state index is 14.1. The molecule has 0 saturated carbocycles. The number of amides is 2. The van der Waals surface area contributed by atoms with Gasteiger partial charge in [-0.15, -0.1) is 0 Å². The number of aromatic nitrogens is 1. The highest BCUT2D eigenvalue weighted by Gasteiger charge is 2.34. The summed E-state index contributed by atoms with van der Waals surface area (Å²) in [6.45, 7) is 1.51. The van der Waals surface area contributed by atoms with Crippen molar-refractivity contribution in [2.45, 2.75) is 31.9 Å². The van der Waals surface area contributed by atoms with Crippen LogP contribution in [0, 0.1) is 24.4 Å². The fraction of sp³-hybridized carbons (Fsp3) is 0.273. The van der Waals surface area contributed by atoms with Gasteiger partial charge in [0.15, 0.2) is 11.6 Å². The van der Waals surface area contributed by atoms with E-state index in [2.05, 4.69) is 15.6 Å². The van der Waals surface area contributed by atoms with E-state index in [9.17, 15) is 27.9 Å². The normalized spacial score (nSPS) is 18.4. The number of carbonyl (C=O) groups excluding carboxylic acids is 2. The van der Waals surface area contributed by atoms with Crippen molar-refractivity contribution < 1.29 is 27.9 Å². The molecule has 0 unspecified atom stereocenters. The molecule has 2 amide bonds. The molecular formula is C22H20F3N3O3. The van der Waals surface area contributed by atoms with Crippen LogP contribution >= 0.6 is 0 Å². The van der Waals surface area contributed by atoms with Gasteiger partial charge in [0.05, 0.1) is 5.52 Å². The van der Waals surface area contributed by atoms with Crippen molar-refractivity contribution in [3.63, 3.8) is 0 Å². The number of nitrogens with one attached hydrogen (secondary N) is 3. The molecule has 1 saturated heterocycles. The van der Waals surface area contributed by atoms with Crippen molar-refractivity contribution >= 4 is 22.7 Å². The average Bonchev–Trinajstić information content (AvgIpc) is 3.26.